The van der Waals surface area contributed by atoms with E-state index in [1.807, 2.05) is 6.07 Å². The monoisotopic (exact) mass is 243 g/mol. The molecule has 0 atom stereocenters. The van der Waals surface area contributed by atoms with Gasteiger partial charge < -0.3 is 11.1 Å². The van der Waals surface area contributed by atoms with Gasteiger partial charge in [0.25, 0.3) is 0 Å². The van der Waals surface area contributed by atoms with Crippen molar-refractivity contribution < 1.29 is 0 Å². The summed E-state index contributed by atoms with van der Waals surface area (Å²) in [7, 11) is 0. The van der Waals surface area contributed by atoms with Gasteiger partial charge in [0.2, 0.25) is 5.95 Å². The third kappa shape index (κ3) is 3.16. The van der Waals surface area contributed by atoms with Crippen LogP contribution < -0.4 is 11.1 Å². The maximum absolute atomic E-state index is 5.55. The number of anilines is 2. The van der Waals surface area contributed by atoms with Crippen LogP contribution in [0.5, 0.6) is 0 Å². The van der Waals surface area contributed by atoms with Gasteiger partial charge in [0.05, 0.1) is 0 Å². The maximum Gasteiger partial charge on any atom is 0.223 e. The van der Waals surface area contributed by atoms with Gasteiger partial charge >= 0.3 is 0 Å². The van der Waals surface area contributed by atoms with Crippen LogP contribution in [0.15, 0.2) is 30.7 Å². The van der Waals surface area contributed by atoms with Crippen LogP contribution in [0.2, 0.25) is 0 Å². The van der Waals surface area contributed by atoms with E-state index in [9.17, 15) is 0 Å². The molecular formula is C13H17N5. The smallest absolute Gasteiger partial charge is 0.223 e. The second-order valence-electron chi connectivity index (χ2n) is 5.14. The first kappa shape index (κ1) is 12.3. The van der Waals surface area contributed by atoms with E-state index in [0.29, 0.717) is 11.8 Å². The summed E-state index contributed by atoms with van der Waals surface area (Å²) in [5.41, 5.74) is 7.36. The van der Waals surface area contributed by atoms with E-state index in [2.05, 4.69) is 41.0 Å². The second-order valence-corrected chi connectivity index (χ2v) is 5.14. The summed E-state index contributed by atoms with van der Waals surface area (Å²) in [6, 6.07) is 3.66. The number of pyridine rings is 1. The molecule has 0 aromatic carbocycles. The Balaban J connectivity index is 2.20. The summed E-state index contributed by atoms with van der Waals surface area (Å²) in [6.07, 6.45) is 5.26. The highest BCUT2D eigenvalue weighted by Crippen LogP contribution is 2.18. The van der Waals surface area contributed by atoms with Crippen molar-refractivity contribution in [1.29, 1.82) is 0 Å². The number of nitrogens with zero attached hydrogens (tertiary/aromatic N) is 3. The Kier molecular flexibility index (Phi) is 3.14. The molecule has 0 fully saturated rings. The van der Waals surface area contributed by atoms with E-state index in [1.165, 1.54) is 0 Å². The lowest BCUT2D eigenvalue weighted by molar-refractivity contribution is 0.626. The average molecular weight is 243 g/mol. The van der Waals surface area contributed by atoms with Gasteiger partial charge in [-0.25, -0.2) is 15.0 Å². The predicted octanol–water partition coefficient (Wildman–Crippen LogP) is 2.33. The van der Waals surface area contributed by atoms with E-state index in [0.717, 1.165) is 11.1 Å². The molecule has 0 spiro atoms. The van der Waals surface area contributed by atoms with Crippen molar-refractivity contribution >= 4 is 11.8 Å². The summed E-state index contributed by atoms with van der Waals surface area (Å²) < 4.78 is 0. The van der Waals surface area contributed by atoms with Crippen molar-refractivity contribution in [2.75, 3.05) is 11.1 Å². The molecule has 0 aliphatic rings. The molecule has 5 nitrogen and oxygen atoms in total. The van der Waals surface area contributed by atoms with Crippen LogP contribution in [0.1, 0.15) is 20.8 Å². The van der Waals surface area contributed by atoms with Crippen LogP contribution in [0.3, 0.4) is 0 Å². The maximum atomic E-state index is 5.55. The topological polar surface area (TPSA) is 76.7 Å². The highest BCUT2D eigenvalue weighted by molar-refractivity contribution is 5.62. The molecule has 94 valence electrons. The second kappa shape index (κ2) is 4.60. The molecule has 2 rings (SSSR count). The zero-order valence-electron chi connectivity index (χ0n) is 10.8. The van der Waals surface area contributed by atoms with E-state index < -0.39 is 0 Å². The van der Waals surface area contributed by atoms with E-state index >= 15 is 0 Å². The average Bonchev–Trinajstić information content (AvgIpc) is 2.29. The molecule has 3 N–H and O–H groups in total. The molecule has 0 saturated carbocycles. The van der Waals surface area contributed by atoms with Gasteiger partial charge in [-0.2, -0.15) is 0 Å². The zero-order chi connectivity index (χ0) is 13.2. The summed E-state index contributed by atoms with van der Waals surface area (Å²) in [6.45, 7) is 6.19. The first-order valence-electron chi connectivity index (χ1n) is 5.76. The molecule has 18 heavy (non-hydrogen) atoms. The van der Waals surface area contributed by atoms with Crippen molar-refractivity contribution in [3.05, 3.63) is 30.7 Å². The molecular weight excluding hydrogens is 226 g/mol. The Morgan fingerprint density at radius 1 is 0.944 bits per heavy atom. The summed E-state index contributed by atoms with van der Waals surface area (Å²) in [5.74, 6) is 1.13. The van der Waals surface area contributed by atoms with Crippen LogP contribution in [0, 0.1) is 0 Å². The largest absolute Gasteiger partial charge is 0.384 e. The van der Waals surface area contributed by atoms with Gasteiger partial charge in [-0.1, -0.05) is 0 Å². The Labute approximate surface area is 106 Å². The number of nitrogens with one attached hydrogen (secondary N) is 1. The first-order valence-corrected chi connectivity index (χ1v) is 5.76. The fourth-order valence-corrected chi connectivity index (χ4v) is 1.45. The van der Waals surface area contributed by atoms with Crippen molar-refractivity contribution in [1.82, 2.24) is 15.0 Å². The van der Waals surface area contributed by atoms with Crippen molar-refractivity contribution in [2.45, 2.75) is 26.3 Å². The Hall–Kier alpha value is -2.17. The normalized spacial score (nSPS) is 11.3. The lowest BCUT2D eigenvalue weighted by atomic mass is 10.1. The molecule has 0 saturated heterocycles. The number of rotatable bonds is 2. The lowest BCUT2D eigenvalue weighted by Crippen LogP contribution is -2.27. The first-order chi connectivity index (χ1) is 8.44. The SMILES string of the molecule is CC(C)(C)Nc1ncc(-c2ccc(N)nc2)cn1. The Morgan fingerprint density at radius 2 is 1.56 bits per heavy atom. The number of hydrogen-bond donors (Lipinski definition) is 2. The molecule has 2 heterocycles. The summed E-state index contributed by atoms with van der Waals surface area (Å²) in [5, 5.41) is 3.21. The lowest BCUT2D eigenvalue weighted by Gasteiger charge is -2.20. The Morgan fingerprint density at radius 3 is 2.06 bits per heavy atom. The van der Waals surface area contributed by atoms with Crippen LogP contribution in [0.4, 0.5) is 11.8 Å². The fourth-order valence-electron chi connectivity index (χ4n) is 1.45. The highest BCUT2D eigenvalue weighted by Gasteiger charge is 2.10. The number of aromatic nitrogens is 3. The predicted molar refractivity (Wildman–Crippen MR) is 73.1 cm³/mol. The summed E-state index contributed by atoms with van der Waals surface area (Å²) >= 11 is 0. The number of nitrogens with two attached hydrogens (primary N) is 1. The molecule has 0 amide bonds. The van der Waals surface area contributed by atoms with E-state index in [4.69, 9.17) is 5.73 Å². The van der Waals surface area contributed by atoms with Crippen molar-refractivity contribution in [3.63, 3.8) is 0 Å². The molecule has 0 bridgehead atoms. The van der Waals surface area contributed by atoms with Crippen LogP contribution >= 0.6 is 0 Å². The summed E-state index contributed by atoms with van der Waals surface area (Å²) in [4.78, 5) is 12.6. The molecule has 0 unspecified atom stereocenters. The molecule has 0 radical (unpaired) electrons. The van der Waals surface area contributed by atoms with Gasteiger partial charge in [0.1, 0.15) is 5.82 Å². The van der Waals surface area contributed by atoms with Crippen LogP contribution in [-0.2, 0) is 0 Å². The minimum atomic E-state index is -0.0513. The third-order valence-electron chi connectivity index (χ3n) is 2.26. The van der Waals surface area contributed by atoms with Crippen LogP contribution in [0.25, 0.3) is 11.1 Å². The standard InChI is InChI=1S/C13H17N5/c1-13(2,3)18-12-16-7-10(8-17-12)9-4-5-11(14)15-6-9/h4-8H,1-3H3,(H2,14,15)(H,16,17,18). The highest BCUT2D eigenvalue weighted by atomic mass is 15.1. The molecule has 2 aromatic rings. The quantitative estimate of drug-likeness (QED) is 0.846. The molecule has 0 aliphatic heterocycles. The minimum Gasteiger partial charge on any atom is -0.384 e. The van der Waals surface area contributed by atoms with E-state index in [1.54, 1.807) is 24.7 Å². The molecule has 0 aliphatic carbocycles. The van der Waals surface area contributed by atoms with Crippen LogP contribution in [-0.4, -0.2) is 20.5 Å². The van der Waals surface area contributed by atoms with Gasteiger partial charge in [-0.05, 0) is 32.9 Å². The fraction of sp³-hybridized carbons (Fsp3) is 0.308. The zero-order valence-corrected chi connectivity index (χ0v) is 10.8. The Bertz CT molecular complexity index is 511. The van der Waals surface area contributed by atoms with Crippen molar-refractivity contribution in [2.24, 2.45) is 0 Å². The molecule has 5 heteroatoms. The van der Waals surface area contributed by atoms with Gasteiger partial charge in [0.15, 0.2) is 0 Å². The minimum absolute atomic E-state index is 0.0513. The molecule has 2 aromatic heterocycles. The number of hydrogen-bond acceptors (Lipinski definition) is 5. The number of nitrogen functional groups attached to an aromatic ring is 1. The third-order valence-corrected chi connectivity index (χ3v) is 2.26. The van der Waals surface area contributed by atoms with Crippen molar-refractivity contribution in [3.8, 4) is 11.1 Å². The van der Waals surface area contributed by atoms with E-state index in [-0.39, 0.29) is 5.54 Å². The van der Waals surface area contributed by atoms with Gasteiger partial charge in [-0.15, -0.1) is 0 Å². The van der Waals surface area contributed by atoms with Gasteiger partial charge in [0, 0.05) is 35.3 Å². The van der Waals surface area contributed by atoms with Gasteiger partial charge in [-0.3, -0.25) is 0 Å².